The predicted molar refractivity (Wildman–Crippen MR) is 125 cm³/mol. The summed E-state index contributed by atoms with van der Waals surface area (Å²) < 4.78 is 23.7. The van der Waals surface area contributed by atoms with Crippen LogP contribution in [-0.4, -0.2) is 55.5 Å². The lowest BCUT2D eigenvalue weighted by Gasteiger charge is -2.27. The van der Waals surface area contributed by atoms with Gasteiger partial charge in [-0.15, -0.1) is 24.0 Å². The van der Waals surface area contributed by atoms with Crippen molar-refractivity contribution in [2.45, 2.75) is 62.7 Å². The van der Waals surface area contributed by atoms with Crippen LogP contribution < -0.4 is 10.6 Å². The van der Waals surface area contributed by atoms with E-state index < -0.39 is 9.84 Å². The maximum Gasteiger partial charge on any atom is 0.191 e. The summed E-state index contributed by atoms with van der Waals surface area (Å²) in [5.41, 5.74) is 0. The summed E-state index contributed by atoms with van der Waals surface area (Å²) in [4.78, 5) is 4.95. The number of nitrogens with zero attached hydrogens (tertiary/aromatic N) is 1. The van der Waals surface area contributed by atoms with Gasteiger partial charge in [-0.2, -0.15) is 11.8 Å². The molecule has 2 bridgehead atoms. The van der Waals surface area contributed by atoms with Gasteiger partial charge in [-0.1, -0.05) is 6.42 Å². The molecule has 5 nitrogen and oxygen atoms in total. The number of hydrogen-bond donors (Lipinski definition) is 2. The molecule has 4 fully saturated rings. The molecule has 4 rings (SSSR count). The Labute approximate surface area is 185 Å². The third kappa shape index (κ3) is 5.68. The van der Waals surface area contributed by atoms with E-state index in [9.17, 15) is 8.42 Å². The minimum atomic E-state index is -2.81. The third-order valence-corrected chi connectivity index (χ3v) is 10.2. The van der Waals surface area contributed by atoms with Crippen molar-refractivity contribution >= 4 is 51.5 Å². The number of halogens is 1. The van der Waals surface area contributed by atoms with E-state index in [1.807, 2.05) is 11.8 Å². The summed E-state index contributed by atoms with van der Waals surface area (Å²) in [5, 5.41) is 7.21. The van der Waals surface area contributed by atoms with Gasteiger partial charge in [-0.3, -0.25) is 4.99 Å². The second-order valence-corrected chi connectivity index (χ2v) is 13.1. The van der Waals surface area contributed by atoms with Gasteiger partial charge >= 0.3 is 0 Å². The standard InChI is InChI=1S/C19H33N3O2S2.HI/c1-19(6-2-7-25-19)13-21-18(20-11-15-5-8-26(23,24)12-15)22-17-10-14-3-4-16(17)9-14;/h14-17H,2-13H2,1H3,(H2,20,21,22);1H. The molecule has 2 aliphatic heterocycles. The third-order valence-electron chi connectivity index (χ3n) is 6.82. The SMILES string of the molecule is CC1(CN=C(NCC2CCS(=O)(=O)C2)NC2CC3CCC2C3)CCCS1.I. The molecule has 8 heteroatoms. The number of thioether (sulfide) groups is 1. The van der Waals surface area contributed by atoms with Gasteiger partial charge < -0.3 is 10.6 Å². The molecule has 156 valence electrons. The van der Waals surface area contributed by atoms with Gasteiger partial charge in [-0.05, 0) is 69.0 Å². The summed E-state index contributed by atoms with van der Waals surface area (Å²) in [5.74, 6) is 4.77. The predicted octanol–water partition coefficient (Wildman–Crippen LogP) is 3.05. The summed E-state index contributed by atoms with van der Waals surface area (Å²) in [7, 11) is -2.81. The van der Waals surface area contributed by atoms with E-state index in [0.29, 0.717) is 17.5 Å². The molecule has 5 atom stereocenters. The maximum absolute atomic E-state index is 11.7. The van der Waals surface area contributed by atoms with Crippen molar-refractivity contribution < 1.29 is 8.42 Å². The number of sulfone groups is 1. The Kier molecular flexibility index (Phi) is 7.31. The van der Waals surface area contributed by atoms with Crippen LogP contribution in [0.2, 0.25) is 0 Å². The average molecular weight is 528 g/mol. The first-order chi connectivity index (χ1) is 12.4. The molecular weight excluding hydrogens is 493 g/mol. The first kappa shape index (κ1) is 22.0. The number of fused-ring (bicyclic) bond motifs is 2. The molecule has 2 aliphatic carbocycles. The van der Waals surface area contributed by atoms with Gasteiger partial charge in [0.05, 0.1) is 18.1 Å². The van der Waals surface area contributed by atoms with Crippen LogP contribution in [0, 0.1) is 17.8 Å². The second-order valence-electron chi connectivity index (χ2n) is 9.14. The zero-order valence-electron chi connectivity index (χ0n) is 16.3. The second kappa shape index (κ2) is 8.98. The lowest BCUT2D eigenvalue weighted by atomic mass is 9.95. The number of aliphatic imine (C=N–C) groups is 1. The minimum Gasteiger partial charge on any atom is -0.356 e. The molecule has 27 heavy (non-hydrogen) atoms. The molecule has 2 N–H and O–H groups in total. The van der Waals surface area contributed by atoms with Gasteiger partial charge in [0.1, 0.15) is 0 Å². The molecular formula is C19H34IN3O2S2. The van der Waals surface area contributed by atoms with Crippen LogP contribution in [-0.2, 0) is 9.84 Å². The summed E-state index contributed by atoms with van der Waals surface area (Å²) in [6, 6.07) is 0.552. The smallest absolute Gasteiger partial charge is 0.191 e. The highest BCUT2D eigenvalue weighted by atomic mass is 127. The topological polar surface area (TPSA) is 70.6 Å². The van der Waals surface area contributed by atoms with Gasteiger partial charge in [0.2, 0.25) is 0 Å². The molecule has 5 unspecified atom stereocenters. The Morgan fingerprint density at radius 1 is 1.26 bits per heavy atom. The Bertz CT molecular complexity index is 649. The molecule has 0 aromatic carbocycles. The number of rotatable bonds is 5. The van der Waals surface area contributed by atoms with Crippen molar-refractivity contribution in [1.82, 2.24) is 10.6 Å². The molecule has 4 aliphatic rings. The lowest BCUT2D eigenvalue weighted by molar-refractivity contribution is 0.386. The summed E-state index contributed by atoms with van der Waals surface area (Å²) >= 11 is 2.04. The van der Waals surface area contributed by atoms with E-state index in [-0.39, 0.29) is 34.6 Å². The molecule has 2 saturated carbocycles. The van der Waals surface area contributed by atoms with E-state index in [4.69, 9.17) is 4.99 Å². The fraction of sp³-hybridized carbons (Fsp3) is 0.947. The lowest BCUT2D eigenvalue weighted by Crippen LogP contribution is -2.47. The van der Waals surface area contributed by atoms with Crippen molar-refractivity contribution in [1.29, 1.82) is 0 Å². The minimum absolute atomic E-state index is 0. The monoisotopic (exact) mass is 527 g/mol. The van der Waals surface area contributed by atoms with Gasteiger partial charge in [-0.25, -0.2) is 8.42 Å². The van der Waals surface area contributed by atoms with Crippen LogP contribution in [0.4, 0.5) is 0 Å². The Hall–Kier alpha value is 0.300. The highest BCUT2D eigenvalue weighted by Gasteiger charge is 2.40. The molecule has 2 saturated heterocycles. The van der Waals surface area contributed by atoms with Gasteiger partial charge in [0, 0.05) is 17.3 Å². The van der Waals surface area contributed by atoms with Crippen LogP contribution >= 0.6 is 35.7 Å². The summed E-state index contributed by atoms with van der Waals surface area (Å²) in [6.07, 6.45) is 8.71. The largest absolute Gasteiger partial charge is 0.356 e. The van der Waals surface area contributed by atoms with E-state index in [1.165, 1.54) is 44.3 Å². The zero-order valence-corrected chi connectivity index (χ0v) is 20.2. The zero-order chi connectivity index (χ0) is 18.2. The molecule has 0 spiro atoms. The first-order valence-electron chi connectivity index (χ1n) is 10.3. The Balaban J connectivity index is 0.00000210. The van der Waals surface area contributed by atoms with Crippen molar-refractivity contribution in [2.75, 3.05) is 30.3 Å². The van der Waals surface area contributed by atoms with Crippen molar-refractivity contribution in [2.24, 2.45) is 22.7 Å². The van der Waals surface area contributed by atoms with Crippen LogP contribution in [0.15, 0.2) is 4.99 Å². The maximum atomic E-state index is 11.7. The van der Waals surface area contributed by atoms with Gasteiger partial charge in [0.25, 0.3) is 0 Å². The number of guanidine groups is 1. The quantitative estimate of drug-likeness (QED) is 0.327. The van der Waals surface area contributed by atoms with E-state index in [1.54, 1.807) is 0 Å². The van der Waals surface area contributed by atoms with Crippen LogP contribution in [0.25, 0.3) is 0 Å². The van der Waals surface area contributed by atoms with Gasteiger partial charge in [0.15, 0.2) is 15.8 Å². The van der Waals surface area contributed by atoms with Crippen molar-refractivity contribution in [3.63, 3.8) is 0 Å². The number of hydrogen-bond acceptors (Lipinski definition) is 4. The van der Waals surface area contributed by atoms with Crippen LogP contribution in [0.3, 0.4) is 0 Å². The van der Waals surface area contributed by atoms with Crippen LogP contribution in [0.5, 0.6) is 0 Å². The van der Waals surface area contributed by atoms with Crippen molar-refractivity contribution in [3.8, 4) is 0 Å². The normalized spacial score (nSPS) is 40.1. The molecule has 2 heterocycles. The highest BCUT2D eigenvalue weighted by Crippen LogP contribution is 2.44. The molecule has 0 aromatic heterocycles. The summed E-state index contributed by atoms with van der Waals surface area (Å²) in [6.45, 7) is 3.89. The first-order valence-corrected chi connectivity index (χ1v) is 13.1. The highest BCUT2D eigenvalue weighted by molar-refractivity contribution is 14.0. The Morgan fingerprint density at radius 2 is 2.11 bits per heavy atom. The molecule has 0 aromatic rings. The molecule has 0 radical (unpaired) electrons. The van der Waals surface area contributed by atoms with Crippen molar-refractivity contribution in [3.05, 3.63) is 0 Å². The fourth-order valence-electron chi connectivity index (χ4n) is 5.23. The number of nitrogens with one attached hydrogen (secondary N) is 2. The fourth-order valence-corrected chi connectivity index (χ4v) is 8.32. The van der Waals surface area contributed by atoms with E-state index in [0.717, 1.165) is 37.3 Å². The molecule has 0 amide bonds. The van der Waals surface area contributed by atoms with Crippen LogP contribution in [0.1, 0.15) is 51.9 Å². The average Bonchev–Trinajstić information content (AvgIpc) is 3.36. The van der Waals surface area contributed by atoms with E-state index in [2.05, 4.69) is 17.6 Å². The van der Waals surface area contributed by atoms with E-state index >= 15 is 0 Å². The Morgan fingerprint density at radius 3 is 2.70 bits per heavy atom.